The van der Waals surface area contributed by atoms with Crippen LogP contribution in [0.2, 0.25) is 0 Å². The summed E-state index contributed by atoms with van der Waals surface area (Å²) in [5.41, 5.74) is 2.38. The summed E-state index contributed by atoms with van der Waals surface area (Å²) >= 11 is 0. The van der Waals surface area contributed by atoms with Crippen LogP contribution >= 0.6 is 0 Å². The molecule has 0 radical (unpaired) electrons. The molecule has 1 aromatic carbocycles. The van der Waals surface area contributed by atoms with Crippen molar-refractivity contribution < 1.29 is 28.6 Å². The van der Waals surface area contributed by atoms with E-state index in [1.54, 1.807) is 32.9 Å². The Morgan fingerprint density at radius 1 is 1.23 bits per heavy atom. The van der Waals surface area contributed by atoms with E-state index in [-0.39, 0.29) is 11.1 Å². The van der Waals surface area contributed by atoms with Gasteiger partial charge in [-0.15, -0.1) is 0 Å². The molecule has 0 aliphatic carbocycles. The number of methoxy groups -OCH3 is 1. The number of esters is 1. The van der Waals surface area contributed by atoms with Gasteiger partial charge in [0.25, 0.3) is 0 Å². The average molecular weight is 363 g/mol. The maximum atomic E-state index is 12.4. The van der Waals surface area contributed by atoms with E-state index in [9.17, 15) is 19.5 Å². The molecule has 2 aromatic rings. The van der Waals surface area contributed by atoms with Crippen molar-refractivity contribution in [3.63, 3.8) is 0 Å². The smallest absolute Gasteiger partial charge is 0.338 e. The Labute approximate surface area is 149 Å². The molecule has 0 amide bonds. The van der Waals surface area contributed by atoms with Gasteiger partial charge in [0.2, 0.25) is 5.54 Å². The third kappa shape index (κ3) is 4.02. The normalized spacial score (nSPS) is 13.9. The first kappa shape index (κ1) is 19.5. The molecular formula is C18H21NO7. The quantitative estimate of drug-likeness (QED) is 0.464. The molecule has 0 unspecified atom stereocenters. The minimum absolute atomic E-state index is 0.198. The number of carbonyl (C=O) groups is 2. The molecule has 1 aromatic heterocycles. The summed E-state index contributed by atoms with van der Waals surface area (Å²) in [4.78, 5) is 36.0. The summed E-state index contributed by atoms with van der Waals surface area (Å²) in [5.74, 6) is -2.18. The zero-order chi connectivity index (χ0) is 19.7. The molecule has 1 atom stereocenters. The fraction of sp³-hybridized carbons (Fsp3) is 0.389. The van der Waals surface area contributed by atoms with Crippen molar-refractivity contribution in [2.75, 3.05) is 7.11 Å². The second kappa shape index (κ2) is 6.80. The van der Waals surface area contributed by atoms with Crippen molar-refractivity contribution in [1.82, 2.24) is 0 Å². The fourth-order valence-electron chi connectivity index (χ4n) is 2.39. The maximum Gasteiger partial charge on any atom is 0.338 e. The van der Waals surface area contributed by atoms with Gasteiger partial charge in [0, 0.05) is 23.9 Å². The third-order valence-corrected chi connectivity index (χ3v) is 3.65. The van der Waals surface area contributed by atoms with Gasteiger partial charge in [-0.2, -0.15) is 0 Å². The number of hydrogen-bond acceptors (Lipinski definition) is 7. The van der Waals surface area contributed by atoms with Crippen LogP contribution < -0.4 is 16.1 Å². The van der Waals surface area contributed by atoms with Gasteiger partial charge in [-0.05, 0) is 38.5 Å². The molecule has 1 heterocycles. The summed E-state index contributed by atoms with van der Waals surface area (Å²) in [6, 6.07) is 5.83. The molecule has 0 bridgehead atoms. The SMILES string of the molecule is COc1ccc2c(C[C@](N)(C(=O)O)C(=O)OC(C)(C)C)cc(=O)oc2c1. The molecule has 3 N–H and O–H groups in total. The molecule has 0 saturated heterocycles. The lowest BCUT2D eigenvalue weighted by Crippen LogP contribution is -2.58. The van der Waals surface area contributed by atoms with Crippen molar-refractivity contribution in [2.24, 2.45) is 5.73 Å². The van der Waals surface area contributed by atoms with Gasteiger partial charge in [-0.25, -0.2) is 14.4 Å². The number of carbonyl (C=O) groups excluding carboxylic acids is 1. The van der Waals surface area contributed by atoms with E-state index in [0.717, 1.165) is 6.07 Å². The van der Waals surface area contributed by atoms with Crippen molar-refractivity contribution in [1.29, 1.82) is 0 Å². The lowest BCUT2D eigenvalue weighted by molar-refractivity contribution is -0.169. The summed E-state index contributed by atoms with van der Waals surface area (Å²) in [5, 5.41) is 9.99. The average Bonchev–Trinajstić information content (AvgIpc) is 2.51. The van der Waals surface area contributed by atoms with E-state index in [0.29, 0.717) is 11.1 Å². The molecule has 140 valence electrons. The van der Waals surface area contributed by atoms with E-state index in [1.807, 2.05) is 0 Å². The molecule has 0 aliphatic heterocycles. The van der Waals surface area contributed by atoms with Crippen LogP contribution in [0.15, 0.2) is 33.5 Å². The highest BCUT2D eigenvalue weighted by atomic mass is 16.6. The molecular weight excluding hydrogens is 342 g/mol. The molecule has 2 rings (SSSR count). The largest absolute Gasteiger partial charge is 0.497 e. The Morgan fingerprint density at radius 2 is 1.88 bits per heavy atom. The number of benzene rings is 1. The van der Waals surface area contributed by atoms with Gasteiger partial charge in [-0.3, -0.25) is 0 Å². The molecule has 0 fully saturated rings. The molecule has 8 nitrogen and oxygen atoms in total. The second-order valence-electron chi connectivity index (χ2n) is 6.91. The van der Waals surface area contributed by atoms with Gasteiger partial charge >= 0.3 is 17.6 Å². The van der Waals surface area contributed by atoms with Gasteiger partial charge in [0.15, 0.2) is 0 Å². The first-order valence-electron chi connectivity index (χ1n) is 7.83. The van der Waals surface area contributed by atoms with E-state index >= 15 is 0 Å². The Bertz CT molecular complexity index is 910. The Morgan fingerprint density at radius 3 is 2.42 bits per heavy atom. The monoisotopic (exact) mass is 363 g/mol. The molecule has 26 heavy (non-hydrogen) atoms. The van der Waals surface area contributed by atoms with E-state index in [2.05, 4.69) is 0 Å². The standard InChI is InChI=1S/C18H21NO7/c1-17(2,3)26-16(23)18(19,15(21)22)9-10-7-14(20)25-13-8-11(24-4)5-6-12(10)13/h5-8H,9,19H2,1-4H3,(H,21,22)/t18-/m0/s1. The van der Waals surface area contributed by atoms with Crippen molar-refractivity contribution >= 4 is 22.9 Å². The summed E-state index contributed by atoms with van der Waals surface area (Å²) in [6.07, 6.45) is -0.439. The van der Waals surface area contributed by atoms with E-state index in [4.69, 9.17) is 19.6 Å². The summed E-state index contributed by atoms with van der Waals surface area (Å²) < 4.78 is 15.3. The van der Waals surface area contributed by atoms with Gasteiger partial charge < -0.3 is 24.7 Å². The van der Waals surface area contributed by atoms with Gasteiger partial charge in [0.05, 0.1) is 7.11 Å². The van der Waals surface area contributed by atoms with Crippen LogP contribution in [0, 0.1) is 0 Å². The van der Waals surface area contributed by atoms with Crippen LogP contribution in [0.3, 0.4) is 0 Å². The number of rotatable bonds is 5. The van der Waals surface area contributed by atoms with Crippen molar-refractivity contribution in [3.05, 3.63) is 40.2 Å². The van der Waals surface area contributed by atoms with Crippen LogP contribution in [-0.2, 0) is 20.7 Å². The van der Waals surface area contributed by atoms with Crippen LogP contribution in [0.25, 0.3) is 11.0 Å². The highest BCUT2D eigenvalue weighted by Gasteiger charge is 2.46. The zero-order valence-corrected chi connectivity index (χ0v) is 15.0. The predicted octanol–water partition coefficient (Wildman–Crippen LogP) is 1.47. The molecule has 0 aliphatic rings. The highest BCUT2D eigenvalue weighted by Crippen LogP contribution is 2.26. The predicted molar refractivity (Wildman–Crippen MR) is 93.1 cm³/mol. The number of nitrogens with two attached hydrogens (primary N) is 1. The van der Waals surface area contributed by atoms with Gasteiger partial charge in [0.1, 0.15) is 16.9 Å². The first-order valence-corrected chi connectivity index (χ1v) is 7.83. The van der Waals surface area contributed by atoms with E-state index < -0.39 is 35.1 Å². The fourth-order valence-corrected chi connectivity index (χ4v) is 2.39. The number of fused-ring (bicyclic) bond motifs is 1. The number of carboxylic acid groups (broad SMARTS) is 1. The lowest BCUT2D eigenvalue weighted by atomic mass is 9.90. The van der Waals surface area contributed by atoms with Gasteiger partial charge in [-0.1, -0.05) is 0 Å². The van der Waals surface area contributed by atoms with Crippen LogP contribution in [0.1, 0.15) is 26.3 Å². The van der Waals surface area contributed by atoms with Crippen molar-refractivity contribution in [3.8, 4) is 5.75 Å². The molecule has 8 heteroatoms. The minimum Gasteiger partial charge on any atom is -0.497 e. The number of carboxylic acids is 1. The molecule has 0 spiro atoms. The second-order valence-corrected chi connectivity index (χ2v) is 6.91. The van der Waals surface area contributed by atoms with E-state index in [1.165, 1.54) is 13.2 Å². The summed E-state index contributed by atoms with van der Waals surface area (Å²) in [6.45, 7) is 4.81. The molecule has 0 saturated carbocycles. The lowest BCUT2D eigenvalue weighted by Gasteiger charge is -2.28. The highest BCUT2D eigenvalue weighted by molar-refractivity contribution is 6.04. The Kier molecular flexibility index (Phi) is 5.09. The first-order chi connectivity index (χ1) is 12.0. The van der Waals surface area contributed by atoms with Crippen LogP contribution in [0.4, 0.5) is 0 Å². The third-order valence-electron chi connectivity index (χ3n) is 3.65. The van der Waals surface area contributed by atoms with Crippen molar-refractivity contribution in [2.45, 2.75) is 38.3 Å². The van der Waals surface area contributed by atoms with Crippen LogP contribution in [-0.4, -0.2) is 35.3 Å². The maximum absolute atomic E-state index is 12.4. The number of ether oxygens (including phenoxy) is 2. The number of hydrogen-bond donors (Lipinski definition) is 2. The number of aliphatic carboxylic acids is 1. The minimum atomic E-state index is -2.35. The Hall–Kier alpha value is -2.87. The topological polar surface area (TPSA) is 129 Å². The van der Waals surface area contributed by atoms with Crippen LogP contribution in [0.5, 0.6) is 5.75 Å². The Balaban J connectivity index is 2.54. The summed E-state index contributed by atoms with van der Waals surface area (Å²) in [7, 11) is 1.46. The zero-order valence-electron chi connectivity index (χ0n) is 15.0.